The summed E-state index contributed by atoms with van der Waals surface area (Å²) in [6.07, 6.45) is -0.418. The molecule has 1 saturated heterocycles. The Hall–Kier alpha value is -2.83. The van der Waals surface area contributed by atoms with Gasteiger partial charge in [-0.3, -0.25) is 4.90 Å². The van der Waals surface area contributed by atoms with Gasteiger partial charge in [0.05, 0.1) is 6.04 Å². The fourth-order valence-corrected chi connectivity index (χ4v) is 4.95. The molecule has 6 heteroatoms. The summed E-state index contributed by atoms with van der Waals surface area (Å²) in [6, 6.07) is 24.0. The topological polar surface area (TPSA) is 44.8 Å². The molecular formula is C24H27N3O2S. The minimum Gasteiger partial charge on any atom is -0.410 e. The number of nitrogens with zero attached hydrogens (tertiary/aromatic N) is 2. The molecule has 0 bridgehead atoms. The Labute approximate surface area is 181 Å². The first-order valence-electron chi connectivity index (χ1n) is 10.3. The number of hydrogen-bond acceptors (Lipinski definition) is 5. The van der Waals surface area contributed by atoms with Crippen LogP contribution in [0, 0.1) is 0 Å². The van der Waals surface area contributed by atoms with Gasteiger partial charge in [0.15, 0.2) is 0 Å². The molecule has 1 aromatic heterocycles. The van der Waals surface area contributed by atoms with Gasteiger partial charge in [-0.2, -0.15) is 0 Å². The monoisotopic (exact) mass is 421 g/mol. The van der Waals surface area contributed by atoms with Crippen LogP contribution in [0.1, 0.15) is 17.8 Å². The van der Waals surface area contributed by atoms with Crippen molar-refractivity contribution in [2.24, 2.45) is 0 Å². The predicted octanol–water partition coefficient (Wildman–Crippen LogP) is 4.79. The summed E-state index contributed by atoms with van der Waals surface area (Å²) in [6.45, 7) is 5.87. The van der Waals surface area contributed by atoms with Crippen molar-refractivity contribution in [3.8, 4) is 5.75 Å². The minimum absolute atomic E-state index is 0.0804. The zero-order valence-electron chi connectivity index (χ0n) is 17.1. The number of benzene rings is 2. The third-order valence-corrected chi connectivity index (χ3v) is 6.38. The number of rotatable bonds is 6. The standard InChI is InChI=1S/C24H27N3O2S/c1-19(25-24(28)29-21-11-6-3-7-12-21)23(22-13-8-18-30-22)27-16-14-26(15-17-27)20-9-4-2-5-10-20/h2-13,18-19,23H,14-17H2,1H3,(H,25,28)/t19-,23+/m1/s1. The van der Waals surface area contributed by atoms with Crippen LogP contribution in [0.3, 0.4) is 0 Å². The molecule has 1 aliphatic heterocycles. The summed E-state index contributed by atoms with van der Waals surface area (Å²) in [5.74, 6) is 0.548. The first kappa shape index (κ1) is 20.4. The smallest absolute Gasteiger partial charge is 0.410 e. The van der Waals surface area contributed by atoms with Crippen molar-refractivity contribution < 1.29 is 9.53 Å². The molecule has 1 fully saturated rings. The van der Waals surface area contributed by atoms with Crippen LogP contribution >= 0.6 is 11.3 Å². The van der Waals surface area contributed by atoms with E-state index < -0.39 is 6.09 Å². The zero-order valence-corrected chi connectivity index (χ0v) is 17.9. The van der Waals surface area contributed by atoms with Gasteiger partial charge in [0.2, 0.25) is 0 Å². The number of carbonyl (C=O) groups excluding carboxylic acids is 1. The summed E-state index contributed by atoms with van der Waals surface area (Å²) in [4.78, 5) is 18.6. The molecule has 0 saturated carbocycles. The number of hydrogen-bond donors (Lipinski definition) is 1. The number of para-hydroxylation sites is 2. The minimum atomic E-state index is -0.418. The van der Waals surface area contributed by atoms with E-state index >= 15 is 0 Å². The highest BCUT2D eigenvalue weighted by Gasteiger charge is 2.31. The Morgan fingerprint density at radius 1 is 0.933 bits per heavy atom. The fraction of sp³-hybridized carbons (Fsp3) is 0.292. The molecule has 3 aromatic rings. The molecule has 1 amide bonds. The maximum Gasteiger partial charge on any atom is 0.412 e. The Balaban J connectivity index is 1.41. The van der Waals surface area contributed by atoms with E-state index in [9.17, 15) is 4.79 Å². The summed E-state index contributed by atoms with van der Waals surface area (Å²) >= 11 is 1.73. The molecule has 1 N–H and O–H groups in total. The quantitative estimate of drug-likeness (QED) is 0.622. The lowest BCUT2D eigenvalue weighted by atomic mass is 10.0. The lowest BCUT2D eigenvalue weighted by Gasteiger charge is -2.42. The van der Waals surface area contributed by atoms with Crippen LogP contribution in [0.5, 0.6) is 5.75 Å². The van der Waals surface area contributed by atoms with Crippen molar-refractivity contribution in [2.75, 3.05) is 31.1 Å². The second-order valence-electron chi connectivity index (χ2n) is 7.45. The molecule has 0 aliphatic carbocycles. The molecule has 0 radical (unpaired) electrons. The van der Waals surface area contributed by atoms with Crippen LogP contribution in [0.15, 0.2) is 78.2 Å². The first-order chi connectivity index (χ1) is 14.7. The van der Waals surface area contributed by atoms with Gasteiger partial charge >= 0.3 is 6.09 Å². The predicted molar refractivity (Wildman–Crippen MR) is 122 cm³/mol. The molecule has 30 heavy (non-hydrogen) atoms. The van der Waals surface area contributed by atoms with Crippen LogP contribution in [0.2, 0.25) is 0 Å². The van der Waals surface area contributed by atoms with Crippen molar-refractivity contribution in [1.82, 2.24) is 10.2 Å². The number of thiophene rings is 1. The number of carbonyl (C=O) groups is 1. The number of piperazine rings is 1. The number of ether oxygens (including phenoxy) is 1. The molecule has 5 nitrogen and oxygen atoms in total. The van der Waals surface area contributed by atoms with E-state index in [1.54, 1.807) is 23.5 Å². The van der Waals surface area contributed by atoms with E-state index in [0.29, 0.717) is 5.75 Å². The van der Waals surface area contributed by atoms with E-state index in [1.807, 2.05) is 18.2 Å². The maximum atomic E-state index is 12.5. The second kappa shape index (κ2) is 9.78. The van der Waals surface area contributed by atoms with Crippen LogP contribution in [0.25, 0.3) is 0 Å². The molecule has 4 rings (SSSR count). The van der Waals surface area contributed by atoms with E-state index in [-0.39, 0.29) is 12.1 Å². The highest BCUT2D eigenvalue weighted by atomic mass is 32.1. The normalized spacial score (nSPS) is 16.6. The number of anilines is 1. The van der Waals surface area contributed by atoms with Crippen LogP contribution < -0.4 is 15.0 Å². The summed E-state index contributed by atoms with van der Waals surface area (Å²) in [5.41, 5.74) is 1.27. The van der Waals surface area contributed by atoms with E-state index in [1.165, 1.54) is 10.6 Å². The number of nitrogens with one attached hydrogen (secondary N) is 1. The van der Waals surface area contributed by atoms with Gasteiger partial charge in [-0.05, 0) is 42.6 Å². The molecule has 156 valence electrons. The van der Waals surface area contributed by atoms with Gasteiger partial charge in [-0.15, -0.1) is 11.3 Å². The van der Waals surface area contributed by atoms with Gasteiger partial charge in [-0.1, -0.05) is 42.5 Å². The van der Waals surface area contributed by atoms with Gasteiger partial charge in [0.25, 0.3) is 0 Å². The van der Waals surface area contributed by atoms with Gasteiger partial charge in [0.1, 0.15) is 5.75 Å². The Kier molecular flexibility index (Phi) is 6.67. The van der Waals surface area contributed by atoms with E-state index in [0.717, 1.165) is 26.2 Å². The lowest BCUT2D eigenvalue weighted by molar-refractivity contribution is 0.146. The average Bonchev–Trinajstić information content (AvgIpc) is 3.30. The van der Waals surface area contributed by atoms with E-state index in [4.69, 9.17) is 4.74 Å². The highest BCUT2D eigenvalue weighted by molar-refractivity contribution is 7.10. The molecule has 2 heterocycles. The summed E-state index contributed by atoms with van der Waals surface area (Å²) in [5, 5.41) is 5.14. The number of amides is 1. The van der Waals surface area contributed by atoms with Crippen LogP contribution in [-0.4, -0.2) is 43.2 Å². The largest absolute Gasteiger partial charge is 0.412 e. The van der Waals surface area contributed by atoms with Crippen LogP contribution in [-0.2, 0) is 0 Å². The Morgan fingerprint density at radius 2 is 1.60 bits per heavy atom. The average molecular weight is 422 g/mol. The molecule has 2 aromatic carbocycles. The maximum absolute atomic E-state index is 12.5. The lowest BCUT2D eigenvalue weighted by Crippen LogP contribution is -2.52. The van der Waals surface area contributed by atoms with Crippen molar-refractivity contribution >= 4 is 23.1 Å². The van der Waals surface area contributed by atoms with Crippen molar-refractivity contribution in [1.29, 1.82) is 0 Å². The van der Waals surface area contributed by atoms with Gasteiger partial charge in [-0.25, -0.2) is 4.79 Å². The van der Waals surface area contributed by atoms with Crippen LogP contribution in [0.4, 0.5) is 10.5 Å². The third-order valence-electron chi connectivity index (χ3n) is 5.44. The second-order valence-corrected chi connectivity index (χ2v) is 8.43. The summed E-state index contributed by atoms with van der Waals surface area (Å²) < 4.78 is 5.44. The zero-order chi connectivity index (χ0) is 20.8. The van der Waals surface area contributed by atoms with Gasteiger partial charge < -0.3 is 15.0 Å². The summed E-state index contributed by atoms with van der Waals surface area (Å²) in [7, 11) is 0. The van der Waals surface area contributed by atoms with Crippen molar-refractivity contribution in [3.63, 3.8) is 0 Å². The molecule has 1 aliphatic rings. The first-order valence-corrected chi connectivity index (χ1v) is 11.2. The SMILES string of the molecule is C[C@@H](NC(=O)Oc1ccccc1)[C@@H](c1cccs1)N1CCN(c2ccccc2)CC1. The van der Waals surface area contributed by atoms with Crippen molar-refractivity contribution in [2.45, 2.75) is 19.0 Å². The highest BCUT2D eigenvalue weighted by Crippen LogP contribution is 2.30. The van der Waals surface area contributed by atoms with E-state index in [2.05, 4.69) is 69.9 Å². The molecule has 0 spiro atoms. The Bertz CT molecular complexity index is 910. The third kappa shape index (κ3) is 5.01. The molecule has 2 atom stereocenters. The van der Waals surface area contributed by atoms with Gasteiger partial charge in [0, 0.05) is 42.8 Å². The fourth-order valence-electron chi connectivity index (χ4n) is 3.99. The Morgan fingerprint density at radius 3 is 2.23 bits per heavy atom. The van der Waals surface area contributed by atoms with Crippen molar-refractivity contribution in [3.05, 3.63) is 83.1 Å². The molecular weight excluding hydrogens is 394 g/mol. The molecule has 0 unspecified atom stereocenters.